The predicted molar refractivity (Wildman–Crippen MR) is 147 cm³/mol. The highest BCUT2D eigenvalue weighted by molar-refractivity contribution is 9.10. The van der Waals surface area contributed by atoms with E-state index in [-0.39, 0.29) is 0 Å². The average molecular weight is 529 g/mol. The SMILES string of the molecule is OC(CN1CCN(Cc2ccc3ccccc3n2)CC1)Cn1c2ccccc2c2cc(Br)ccc21. The molecule has 1 unspecified atom stereocenters. The Morgan fingerprint density at radius 1 is 0.771 bits per heavy atom. The molecule has 3 heterocycles. The molecule has 0 spiro atoms. The number of β-amino-alcohol motifs (C(OH)–C–C–N with tert-alkyl or cyclic N) is 1. The van der Waals surface area contributed by atoms with Gasteiger partial charge in [-0.25, -0.2) is 0 Å². The van der Waals surface area contributed by atoms with Crippen molar-refractivity contribution in [1.82, 2.24) is 19.4 Å². The topological polar surface area (TPSA) is 44.5 Å². The molecular formula is C29H29BrN4O. The van der Waals surface area contributed by atoms with E-state index in [0.717, 1.165) is 48.4 Å². The minimum atomic E-state index is -0.425. The number of hydrogen-bond acceptors (Lipinski definition) is 4. The molecule has 1 aliphatic rings. The summed E-state index contributed by atoms with van der Waals surface area (Å²) in [6.45, 7) is 6.06. The van der Waals surface area contributed by atoms with Gasteiger partial charge in [0.2, 0.25) is 0 Å². The summed E-state index contributed by atoms with van der Waals surface area (Å²) in [7, 11) is 0. The summed E-state index contributed by atoms with van der Waals surface area (Å²) >= 11 is 3.61. The molecule has 178 valence electrons. The van der Waals surface area contributed by atoms with Crippen molar-refractivity contribution in [2.45, 2.75) is 19.2 Å². The Morgan fingerprint density at radius 3 is 2.40 bits per heavy atom. The zero-order chi connectivity index (χ0) is 23.8. The van der Waals surface area contributed by atoms with E-state index in [1.807, 2.05) is 6.07 Å². The highest BCUT2D eigenvalue weighted by Gasteiger charge is 2.21. The van der Waals surface area contributed by atoms with E-state index in [2.05, 4.69) is 103 Å². The van der Waals surface area contributed by atoms with E-state index in [0.29, 0.717) is 13.1 Å². The first-order chi connectivity index (χ1) is 17.1. The fourth-order valence-electron chi connectivity index (χ4n) is 5.34. The van der Waals surface area contributed by atoms with Crippen molar-refractivity contribution >= 4 is 48.6 Å². The van der Waals surface area contributed by atoms with Crippen molar-refractivity contribution in [3.05, 3.63) is 89.0 Å². The first-order valence-electron chi connectivity index (χ1n) is 12.3. The molecule has 35 heavy (non-hydrogen) atoms. The number of fused-ring (bicyclic) bond motifs is 4. The molecule has 1 N–H and O–H groups in total. The van der Waals surface area contributed by atoms with Crippen LogP contribution in [0.15, 0.2) is 83.3 Å². The summed E-state index contributed by atoms with van der Waals surface area (Å²) < 4.78 is 3.34. The van der Waals surface area contributed by atoms with Gasteiger partial charge in [-0.05, 0) is 36.4 Å². The van der Waals surface area contributed by atoms with E-state index in [1.165, 1.54) is 27.2 Å². The van der Waals surface area contributed by atoms with Crippen LogP contribution in [0.4, 0.5) is 0 Å². The third kappa shape index (κ3) is 4.71. The van der Waals surface area contributed by atoms with Gasteiger partial charge in [0.25, 0.3) is 0 Å². The van der Waals surface area contributed by atoms with Crippen LogP contribution in [-0.2, 0) is 13.1 Å². The molecular weight excluding hydrogens is 500 g/mol. The van der Waals surface area contributed by atoms with Gasteiger partial charge in [0, 0.05) is 70.9 Å². The zero-order valence-electron chi connectivity index (χ0n) is 19.6. The second-order valence-electron chi connectivity index (χ2n) is 9.52. The molecule has 2 aromatic heterocycles. The van der Waals surface area contributed by atoms with Gasteiger partial charge in [0.1, 0.15) is 0 Å². The lowest BCUT2D eigenvalue weighted by Gasteiger charge is -2.35. The highest BCUT2D eigenvalue weighted by atomic mass is 79.9. The van der Waals surface area contributed by atoms with Gasteiger partial charge in [-0.2, -0.15) is 0 Å². The molecule has 0 aliphatic carbocycles. The number of pyridine rings is 1. The Labute approximate surface area is 213 Å². The number of piperazine rings is 1. The number of rotatable bonds is 6. The first-order valence-corrected chi connectivity index (χ1v) is 13.1. The van der Waals surface area contributed by atoms with Crippen molar-refractivity contribution in [3.8, 4) is 0 Å². The zero-order valence-corrected chi connectivity index (χ0v) is 21.2. The average Bonchev–Trinajstić information content (AvgIpc) is 3.18. The number of benzene rings is 3. The van der Waals surface area contributed by atoms with Gasteiger partial charge in [-0.1, -0.05) is 58.4 Å². The summed E-state index contributed by atoms with van der Waals surface area (Å²) in [5, 5.41) is 14.7. The number of aliphatic hydroxyl groups is 1. The number of hydrogen-bond donors (Lipinski definition) is 1. The van der Waals surface area contributed by atoms with Crippen LogP contribution in [0.1, 0.15) is 5.69 Å². The number of aliphatic hydroxyl groups excluding tert-OH is 1. The molecule has 5 aromatic rings. The Morgan fingerprint density at radius 2 is 1.51 bits per heavy atom. The van der Waals surface area contributed by atoms with Crippen molar-refractivity contribution in [1.29, 1.82) is 0 Å². The molecule has 5 nitrogen and oxygen atoms in total. The van der Waals surface area contributed by atoms with Crippen LogP contribution < -0.4 is 0 Å². The second-order valence-corrected chi connectivity index (χ2v) is 10.4. The molecule has 0 bridgehead atoms. The molecule has 0 saturated carbocycles. The Kier molecular flexibility index (Phi) is 6.29. The second kappa shape index (κ2) is 9.70. The number of nitrogens with zero attached hydrogens (tertiary/aromatic N) is 4. The van der Waals surface area contributed by atoms with Gasteiger partial charge in [0.15, 0.2) is 0 Å². The van der Waals surface area contributed by atoms with Gasteiger partial charge in [-0.3, -0.25) is 14.8 Å². The summed E-state index contributed by atoms with van der Waals surface area (Å²) in [6.07, 6.45) is -0.425. The molecule has 0 radical (unpaired) electrons. The lowest BCUT2D eigenvalue weighted by molar-refractivity contribution is 0.0630. The Hall–Kier alpha value is -2.77. The van der Waals surface area contributed by atoms with Crippen molar-refractivity contribution < 1.29 is 5.11 Å². The fraction of sp³-hybridized carbons (Fsp3) is 0.276. The summed E-state index contributed by atoms with van der Waals surface area (Å²) in [5.74, 6) is 0. The van der Waals surface area contributed by atoms with E-state index >= 15 is 0 Å². The molecule has 6 rings (SSSR count). The number of para-hydroxylation sites is 2. The van der Waals surface area contributed by atoms with Gasteiger partial charge in [0.05, 0.1) is 23.9 Å². The third-order valence-corrected chi connectivity index (χ3v) is 7.60. The normalized spacial score (nSPS) is 16.4. The summed E-state index contributed by atoms with van der Waals surface area (Å²) in [4.78, 5) is 9.68. The molecule has 6 heteroatoms. The number of halogens is 1. The van der Waals surface area contributed by atoms with Crippen LogP contribution in [0.3, 0.4) is 0 Å². The maximum atomic E-state index is 11.1. The van der Waals surface area contributed by atoms with Gasteiger partial charge in [-0.15, -0.1) is 0 Å². The number of aromatic nitrogens is 2. The molecule has 1 saturated heterocycles. The van der Waals surface area contributed by atoms with Gasteiger partial charge < -0.3 is 9.67 Å². The summed E-state index contributed by atoms with van der Waals surface area (Å²) in [5.41, 5.74) is 4.52. The smallest absolute Gasteiger partial charge is 0.0845 e. The minimum Gasteiger partial charge on any atom is -0.390 e. The maximum Gasteiger partial charge on any atom is 0.0845 e. The quantitative estimate of drug-likeness (QED) is 0.325. The standard InChI is InChI=1S/C29H29BrN4O/c30-22-10-12-29-26(17-22)25-6-2-4-8-28(25)34(29)20-24(35)19-33-15-13-32(14-16-33)18-23-11-9-21-5-1-3-7-27(21)31-23/h1-12,17,24,35H,13-16,18-20H2. The largest absolute Gasteiger partial charge is 0.390 e. The molecule has 1 fully saturated rings. The van der Waals surface area contributed by atoms with E-state index < -0.39 is 6.10 Å². The van der Waals surface area contributed by atoms with Crippen LogP contribution in [-0.4, -0.2) is 63.3 Å². The lowest BCUT2D eigenvalue weighted by atomic mass is 10.2. The Balaban J connectivity index is 1.09. The van der Waals surface area contributed by atoms with E-state index in [1.54, 1.807) is 0 Å². The van der Waals surface area contributed by atoms with Crippen molar-refractivity contribution in [2.75, 3.05) is 32.7 Å². The van der Waals surface area contributed by atoms with Gasteiger partial charge >= 0.3 is 0 Å². The monoisotopic (exact) mass is 528 g/mol. The lowest BCUT2D eigenvalue weighted by Crippen LogP contribution is -2.48. The molecule has 1 aliphatic heterocycles. The van der Waals surface area contributed by atoms with Crippen LogP contribution >= 0.6 is 15.9 Å². The van der Waals surface area contributed by atoms with Crippen LogP contribution in [0.2, 0.25) is 0 Å². The molecule has 3 aromatic carbocycles. The fourth-order valence-corrected chi connectivity index (χ4v) is 5.71. The molecule has 1 atom stereocenters. The van der Waals surface area contributed by atoms with Crippen LogP contribution in [0.5, 0.6) is 0 Å². The predicted octanol–water partition coefficient (Wildman–Crippen LogP) is 5.28. The van der Waals surface area contributed by atoms with E-state index in [9.17, 15) is 5.11 Å². The van der Waals surface area contributed by atoms with Crippen molar-refractivity contribution in [3.63, 3.8) is 0 Å². The maximum absolute atomic E-state index is 11.1. The minimum absolute atomic E-state index is 0.425. The summed E-state index contributed by atoms with van der Waals surface area (Å²) in [6, 6.07) is 27.4. The first kappa shape index (κ1) is 22.7. The third-order valence-electron chi connectivity index (χ3n) is 7.10. The van der Waals surface area contributed by atoms with Crippen LogP contribution in [0, 0.1) is 0 Å². The highest BCUT2D eigenvalue weighted by Crippen LogP contribution is 2.31. The van der Waals surface area contributed by atoms with E-state index in [4.69, 9.17) is 4.98 Å². The van der Waals surface area contributed by atoms with Crippen molar-refractivity contribution in [2.24, 2.45) is 0 Å². The Bertz CT molecular complexity index is 1490. The van der Waals surface area contributed by atoms with Crippen LogP contribution in [0.25, 0.3) is 32.7 Å². The molecule has 0 amide bonds.